The molecule has 0 radical (unpaired) electrons. The average Bonchev–Trinajstić information content (AvgIpc) is 3.12. The molecule has 2 N–H and O–H groups in total. The first-order valence-electron chi connectivity index (χ1n) is 10.3. The van der Waals surface area contributed by atoms with Gasteiger partial charge in [-0.25, -0.2) is 4.90 Å². The van der Waals surface area contributed by atoms with E-state index in [2.05, 4.69) is 10.6 Å². The van der Waals surface area contributed by atoms with Gasteiger partial charge in [-0.15, -0.1) is 0 Å². The first-order valence-corrected chi connectivity index (χ1v) is 10.3. The molecule has 3 amide bonds. The highest BCUT2D eigenvalue weighted by Gasteiger charge is 2.39. The van der Waals surface area contributed by atoms with Crippen LogP contribution in [0.3, 0.4) is 0 Å². The van der Waals surface area contributed by atoms with Gasteiger partial charge >= 0.3 is 0 Å². The Morgan fingerprint density at radius 3 is 1.94 bits per heavy atom. The number of methoxy groups -OCH3 is 2. The lowest BCUT2D eigenvalue weighted by Gasteiger charge is -2.16. The van der Waals surface area contributed by atoms with E-state index in [1.54, 1.807) is 87.0 Å². The third-order valence-corrected chi connectivity index (χ3v) is 5.31. The molecule has 1 fully saturated rings. The maximum Gasteiger partial charge on any atom is 0.256 e. The van der Waals surface area contributed by atoms with Gasteiger partial charge in [-0.3, -0.25) is 14.4 Å². The summed E-state index contributed by atoms with van der Waals surface area (Å²) in [6.45, 7) is 0. The van der Waals surface area contributed by atoms with Crippen molar-refractivity contribution in [2.24, 2.45) is 0 Å². The van der Waals surface area contributed by atoms with Crippen LogP contribution >= 0.6 is 0 Å². The third kappa shape index (κ3) is 4.79. The van der Waals surface area contributed by atoms with Gasteiger partial charge in [0.05, 0.1) is 26.3 Å². The monoisotopic (exact) mass is 445 g/mol. The number of carbonyl (C=O) groups excluding carboxylic acids is 3. The summed E-state index contributed by atoms with van der Waals surface area (Å²) in [5.41, 5.74) is 2.25. The highest BCUT2D eigenvalue weighted by molar-refractivity contribution is 6.23. The van der Waals surface area contributed by atoms with E-state index in [0.29, 0.717) is 34.1 Å². The highest BCUT2D eigenvalue weighted by Crippen LogP contribution is 2.27. The van der Waals surface area contributed by atoms with Crippen LogP contribution in [0.15, 0.2) is 72.8 Å². The van der Waals surface area contributed by atoms with Crippen molar-refractivity contribution >= 4 is 34.8 Å². The molecular formula is C25H23N3O5. The number of nitrogens with zero attached hydrogens (tertiary/aromatic N) is 1. The fourth-order valence-corrected chi connectivity index (χ4v) is 3.54. The van der Waals surface area contributed by atoms with Gasteiger partial charge in [0.1, 0.15) is 17.5 Å². The standard InChI is InChI=1S/C25H23N3O5/c1-32-20-11-7-18(8-12-20)27-24(30)16-3-5-17(6-4-16)26-22-15-23(29)28(25(22)31)19-9-13-21(33-2)14-10-19/h3-14,22,26H,15H2,1-2H3,(H,27,30). The van der Waals surface area contributed by atoms with E-state index >= 15 is 0 Å². The number of benzene rings is 3. The predicted octanol–water partition coefficient (Wildman–Crippen LogP) is 3.70. The maximum atomic E-state index is 12.8. The van der Waals surface area contributed by atoms with Crippen molar-refractivity contribution in [2.75, 3.05) is 29.8 Å². The van der Waals surface area contributed by atoms with Crippen LogP contribution in [0.2, 0.25) is 0 Å². The van der Waals surface area contributed by atoms with Crippen LogP contribution in [-0.2, 0) is 9.59 Å². The molecule has 33 heavy (non-hydrogen) atoms. The number of anilines is 3. The summed E-state index contributed by atoms with van der Waals surface area (Å²) in [6.07, 6.45) is 0.0462. The lowest BCUT2D eigenvalue weighted by atomic mass is 10.1. The molecule has 0 aromatic heterocycles. The van der Waals surface area contributed by atoms with Crippen molar-refractivity contribution in [1.29, 1.82) is 0 Å². The van der Waals surface area contributed by atoms with Gasteiger partial charge in [0.2, 0.25) is 5.91 Å². The quantitative estimate of drug-likeness (QED) is 0.539. The molecule has 3 aromatic rings. The van der Waals surface area contributed by atoms with Crippen molar-refractivity contribution in [3.63, 3.8) is 0 Å². The summed E-state index contributed by atoms with van der Waals surface area (Å²) in [7, 11) is 3.13. The summed E-state index contributed by atoms with van der Waals surface area (Å²) in [6, 6.07) is 19.8. The molecule has 8 heteroatoms. The van der Waals surface area contributed by atoms with E-state index in [-0.39, 0.29) is 24.1 Å². The fraction of sp³-hybridized carbons (Fsp3) is 0.160. The number of amides is 3. The summed E-state index contributed by atoms with van der Waals surface area (Å²) >= 11 is 0. The summed E-state index contributed by atoms with van der Waals surface area (Å²) in [5, 5.41) is 5.91. The fourth-order valence-electron chi connectivity index (χ4n) is 3.54. The lowest BCUT2D eigenvalue weighted by molar-refractivity contribution is -0.121. The molecule has 1 atom stereocenters. The molecule has 3 aromatic carbocycles. The topological polar surface area (TPSA) is 97.0 Å². The molecule has 1 saturated heterocycles. The smallest absolute Gasteiger partial charge is 0.256 e. The van der Waals surface area contributed by atoms with Crippen molar-refractivity contribution in [3.8, 4) is 11.5 Å². The van der Waals surface area contributed by atoms with Gasteiger partial charge in [0.25, 0.3) is 11.8 Å². The zero-order valence-corrected chi connectivity index (χ0v) is 18.2. The SMILES string of the molecule is COc1ccc(NC(=O)c2ccc(NC3CC(=O)N(c4ccc(OC)cc4)C3=O)cc2)cc1. The van der Waals surface area contributed by atoms with Crippen molar-refractivity contribution < 1.29 is 23.9 Å². The van der Waals surface area contributed by atoms with Crippen LogP contribution < -0.4 is 25.0 Å². The van der Waals surface area contributed by atoms with Crippen LogP contribution in [-0.4, -0.2) is 38.0 Å². The van der Waals surface area contributed by atoms with Crippen LogP contribution in [0.4, 0.5) is 17.1 Å². The number of carbonyl (C=O) groups is 3. The first kappa shape index (κ1) is 21.9. The van der Waals surface area contributed by atoms with Crippen LogP contribution in [0.1, 0.15) is 16.8 Å². The van der Waals surface area contributed by atoms with Gasteiger partial charge in [0.15, 0.2) is 0 Å². The number of imide groups is 1. The van der Waals surface area contributed by atoms with E-state index in [1.807, 2.05) is 0 Å². The summed E-state index contributed by atoms with van der Waals surface area (Å²) < 4.78 is 10.2. The Morgan fingerprint density at radius 2 is 1.36 bits per heavy atom. The molecular weight excluding hydrogens is 422 g/mol. The minimum atomic E-state index is -0.682. The van der Waals surface area contributed by atoms with E-state index in [4.69, 9.17) is 9.47 Å². The Balaban J connectivity index is 1.39. The molecule has 0 saturated carbocycles. The lowest BCUT2D eigenvalue weighted by Crippen LogP contribution is -2.34. The third-order valence-electron chi connectivity index (χ3n) is 5.31. The molecule has 0 aliphatic carbocycles. The Kier molecular flexibility index (Phi) is 6.26. The van der Waals surface area contributed by atoms with Crippen molar-refractivity contribution in [2.45, 2.75) is 12.5 Å². The minimum Gasteiger partial charge on any atom is -0.497 e. The molecule has 1 heterocycles. The van der Waals surface area contributed by atoms with E-state index in [0.717, 1.165) is 0 Å². The second kappa shape index (κ2) is 9.44. The number of hydrogen-bond donors (Lipinski definition) is 2. The number of hydrogen-bond acceptors (Lipinski definition) is 6. The average molecular weight is 445 g/mol. The van der Waals surface area contributed by atoms with E-state index in [1.165, 1.54) is 4.90 Å². The predicted molar refractivity (Wildman–Crippen MR) is 125 cm³/mol. The Labute approximate surface area is 191 Å². The Morgan fingerprint density at radius 1 is 0.818 bits per heavy atom. The highest BCUT2D eigenvalue weighted by atomic mass is 16.5. The Bertz CT molecular complexity index is 1160. The van der Waals surface area contributed by atoms with E-state index < -0.39 is 6.04 Å². The van der Waals surface area contributed by atoms with Crippen molar-refractivity contribution in [3.05, 3.63) is 78.4 Å². The largest absolute Gasteiger partial charge is 0.497 e. The van der Waals surface area contributed by atoms with Gasteiger partial charge < -0.3 is 20.1 Å². The van der Waals surface area contributed by atoms with E-state index in [9.17, 15) is 14.4 Å². The first-order chi connectivity index (χ1) is 16.0. The number of nitrogens with one attached hydrogen (secondary N) is 2. The van der Waals surface area contributed by atoms with Crippen molar-refractivity contribution in [1.82, 2.24) is 0 Å². The second-order valence-electron chi connectivity index (χ2n) is 7.43. The molecule has 1 aliphatic rings. The zero-order valence-electron chi connectivity index (χ0n) is 18.2. The maximum absolute atomic E-state index is 12.8. The minimum absolute atomic E-state index is 0.0462. The van der Waals surface area contributed by atoms with Gasteiger partial charge in [0, 0.05) is 16.9 Å². The summed E-state index contributed by atoms with van der Waals surface area (Å²) in [5.74, 6) is 0.478. The molecule has 1 unspecified atom stereocenters. The van der Waals surface area contributed by atoms with Gasteiger partial charge in [-0.1, -0.05) is 0 Å². The molecule has 8 nitrogen and oxygen atoms in total. The second-order valence-corrected chi connectivity index (χ2v) is 7.43. The number of rotatable bonds is 7. The van der Waals surface area contributed by atoms with Gasteiger partial charge in [-0.05, 0) is 72.8 Å². The molecule has 168 valence electrons. The van der Waals surface area contributed by atoms with Gasteiger partial charge in [-0.2, -0.15) is 0 Å². The number of ether oxygens (including phenoxy) is 2. The normalized spacial score (nSPS) is 15.3. The zero-order chi connectivity index (χ0) is 23.4. The molecule has 0 bridgehead atoms. The molecule has 1 aliphatic heterocycles. The molecule has 4 rings (SSSR count). The molecule has 0 spiro atoms. The Hall–Kier alpha value is -4.33. The van der Waals surface area contributed by atoms with Crippen LogP contribution in [0, 0.1) is 0 Å². The van der Waals surface area contributed by atoms with Crippen LogP contribution in [0.5, 0.6) is 11.5 Å². The van der Waals surface area contributed by atoms with Crippen LogP contribution in [0.25, 0.3) is 0 Å². The summed E-state index contributed by atoms with van der Waals surface area (Å²) in [4.78, 5) is 39.0.